The molecule has 19 heavy (non-hydrogen) atoms. The van der Waals surface area contributed by atoms with Gasteiger partial charge in [0.05, 0.1) is 7.11 Å². The van der Waals surface area contributed by atoms with Crippen molar-refractivity contribution in [2.75, 3.05) is 7.11 Å². The number of halogens is 1. The number of carbonyl (C=O) groups is 1. The first-order chi connectivity index (χ1) is 9.11. The highest BCUT2D eigenvalue weighted by Crippen LogP contribution is 2.20. The summed E-state index contributed by atoms with van der Waals surface area (Å²) >= 11 is 0. The standard InChI is InChI=1S/C14H19FN2O2/c1-19-13-8-9(6-7-10(13)15)14(18)17-12-5-3-2-4-11(12)16/h6-8,11-12H,2-5,16H2,1H3,(H,17,18)/t11-,12-/m1/s1. The lowest BCUT2D eigenvalue weighted by Crippen LogP contribution is -2.49. The molecule has 3 N–H and O–H groups in total. The fourth-order valence-electron chi connectivity index (χ4n) is 2.39. The molecular formula is C14H19FN2O2. The third kappa shape index (κ3) is 3.23. The quantitative estimate of drug-likeness (QED) is 0.877. The molecule has 1 aliphatic rings. The molecule has 0 aromatic heterocycles. The highest BCUT2D eigenvalue weighted by Gasteiger charge is 2.24. The van der Waals surface area contributed by atoms with E-state index in [2.05, 4.69) is 5.32 Å². The van der Waals surface area contributed by atoms with Crippen LogP contribution in [-0.2, 0) is 0 Å². The molecule has 0 heterocycles. The van der Waals surface area contributed by atoms with Gasteiger partial charge >= 0.3 is 0 Å². The Hall–Kier alpha value is -1.62. The van der Waals surface area contributed by atoms with E-state index in [1.54, 1.807) is 0 Å². The van der Waals surface area contributed by atoms with E-state index in [1.807, 2.05) is 0 Å². The van der Waals surface area contributed by atoms with E-state index < -0.39 is 5.82 Å². The number of ether oxygens (including phenoxy) is 1. The summed E-state index contributed by atoms with van der Waals surface area (Å²) in [5.74, 6) is -0.644. The number of nitrogens with two attached hydrogens (primary N) is 1. The van der Waals surface area contributed by atoms with Crippen LogP contribution < -0.4 is 15.8 Å². The van der Waals surface area contributed by atoms with Gasteiger partial charge in [0.15, 0.2) is 11.6 Å². The average Bonchev–Trinajstić information content (AvgIpc) is 2.42. The third-order valence-corrected chi connectivity index (χ3v) is 3.55. The number of rotatable bonds is 3. The smallest absolute Gasteiger partial charge is 0.251 e. The summed E-state index contributed by atoms with van der Waals surface area (Å²) in [4.78, 5) is 12.1. The highest BCUT2D eigenvalue weighted by molar-refractivity contribution is 5.94. The Morgan fingerprint density at radius 3 is 2.84 bits per heavy atom. The summed E-state index contributed by atoms with van der Waals surface area (Å²) in [5.41, 5.74) is 6.37. The molecule has 0 radical (unpaired) electrons. The average molecular weight is 266 g/mol. The Labute approximate surface area is 112 Å². The van der Waals surface area contributed by atoms with E-state index in [4.69, 9.17) is 10.5 Å². The molecule has 0 aliphatic heterocycles. The predicted molar refractivity (Wildman–Crippen MR) is 70.6 cm³/mol. The summed E-state index contributed by atoms with van der Waals surface area (Å²) in [7, 11) is 1.37. The maximum atomic E-state index is 13.3. The van der Waals surface area contributed by atoms with Crippen molar-refractivity contribution >= 4 is 5.91 Å². The third-order valence-electron chi connectivity index (χ3n) is 3.55. The molecule has 0 unspecified atom stereocenters. The Bertz CT molecular complexity index is 465. The van der Waals surface area contributed by atoms with Crippen LogP contribution in [0.5, 0.6) is 5.75 Å². The van der Waals surface area contributed by atoms with Crippen molar-refractivity contribution in [3.05, 3.63) is 29.6 Å². The van der Waals surface area contributed by atoms with Gasteiger partial charge < -0.3 is 15.8 Å². The summed E-state index contributed by atoms with van der Waals surface area (Å²) in [6.07, 6.45) is 4.01. The van der Waals surface area contributed by atoms with E-state index in [9.17, 15) is 9.18 Å². The maximum Gasteiger partial charge on any atom is 0.251 e. The van der Waals surface area contributed by atoms with Crippen LogP contribution in [0.25, 0.3) is 0 Å². The van der Waals surface area contributed by atoms with Crippen LogP contribution in [0.1, 0.15) is 36.0 Å². The lowest BCUT2D eigenvalue weighted by Gasteiger charge is -2.29. The molecule has 1 aliphatic carbocycles. The maximum absolute atomic E-state index is 13.3. The minimum atomic E-state index is -0.478. The predicted octanol–water partition coefficient (Wildman–Crippen LogP) is 1.83. The molecule has 1 amide bonds. The summed E-state index contributed by atoms with van der Waals surface area (Å²) < 4.78 is 18.1. The number of hydrogen-bond acceptors (Lipinski definition) is 3. The second-order valence-electron chi connectivity index (χ2n) is 4.88. The van der Waals surface area contributed by atoms with Crippen molar-refractivity contribution in [1.82, 2.24) is 5.32 Å². The molecule has 0 bridgehead atoms. The van der Waals surface area contributed by atoms with Crippen LogP contribution in [0.15, 0.2) is 18.2 Å². The van der Waals surface area contributed by atoms with E-state index in [0.29, 0.717) is 5.56 Å². The van der Waals surface area contributed by atoms with E-state index >= 15 is 0 Å². The first-order valence-electron chi connectivity index (χ1n) is 6.52. The van der Waals surface area contributed by atoms with Crippen molar-refractivity contribution in [2.45, 2.75) is 37.8 Å². The Balaban J connectivity index is 2.07. The van der Waals surface area contributed by atoms with Crippen LogP contribution in [0.4, 0.5) is 4.39 Å². The molecule has 1 aromatic carbocycles. The number of nitrogens with one attached hydrogen (secondary N) is 1. The zero-order valence-electron chi connectivity index (χ0n) is 11.0. The van der Waals surface area contributed by atoms with Gasteiger partial charge in [0, 0.05) is 17.6 Å². The lowest BCUT2D eigenvalue weighted by molar-refractivity contribution is 0.0921. The van der Waals surface area contributed by atoms with Crippen molar-refractivity contribution in [3.63, 3.8) is 0 Å². The van der Waals surface area contributed by atoms with Crippen LogP contribution in [0, 0.1) is 5.82 Å². The molecule has 1 fully saturated rings. The number of amides is 1. The van der Waals surface area contributed by atoms with Gasteiger partial charge in [0.2, 0.25) is 0 Å². The molecule has 5 heteroatoms. The normalized spacial score (nSPS) is 22.9. The minimum Gasteiger partial charge on any atom is -0.494 e. The Kier molecular flexibility index (Phi) is 4.37. The summed E-state index contributed by atoms with van der Waals surface area (Å²) in [6, 6.07) is 4.08. The van der Waals surface area contributed by atoms with Crippen LogP contribution in [0.3, 0.4) is 0 Å². The van der Waals surface area contributed by atoms with Crippen molar-refractivity contribution in [1.29, 1.82) is 0 Å². The SMILES string of the molecule is COc1cc(C(=O)N[C@@H]2CCCC[C@H]2N)ccc1F. The van der Waals surface area contributed by atoms with Crippen molar-refractivity contribution in [2.24, 2.45) is 5.73 Å². The van der Waals surface area contributed by atoms with Crippen molar-refractivity contribution < 1.29 is 13.9 Å². The van der Waals surface area contributed by atoms with Crippen LogP contribution >= 0.6 is 0 Å². The van der Waals surface area contributed by atoms with Gasteiger partial charge in [-0.2, -0.15) is 0 Å². The number of methoxy groups -OCH3 is 1. The van der Waals surface area contributed by atoms with Crippen molar-refractivity contribution in [3.8, 4) is 5.75 Å². The Morgan fingerprint density at radius 2 is 2.16 bits per heavy atom. The fraction of sp³-hybridized carbons (Fsp3) is 0.500. The van der Waals surface area contributed by atoms with Gasteiger partial charge in [-0.1, -0.05) is 12.8 Å². The highest BCUT2D eigenvalue weighted by atomic mass is 19.1. The van der Waals surface area contributed by atoms with Gasteiger partial charge in [-0.05, 0) is 31.0 Å². The van der Waals surface area contributed by atoms with Crippen LogP contribution in [-0.4, -0.2) is 25.1 Å². The molecule has 104 valence electrons. The van der Waals surface area contributed by atoms with Gasteiger partial charge in [0.1, 0.15) is 0 Å². The Morgan fingerprint density at radius 1 is 1.42 bits per heavy atom. The molecule has 4 nitrogen and oxygen atoms in total. The summed E-state index contributed by atoms with van der Waals surface area (Å²) in [5, 5.41) is 2.91. The second kappa shape index (κ2) is 6.02. The van der Waals surface area contributed by atoms with Gasteiger partial charge in [-0.15, -0.1) is 0 Å². The molecular weight excluding hydrogens is 247 g/mol. The summed E-state index contributed by atoms with van der Waals surface area (Å²) in [6.45, 7) is 0. The van der Waals surface area contributed by atoms with E-state index in [1.165, 1.54) is 25.3 Å². The number of benzene rings is 1. The minimum absolute atomic E-state index is 0.0000407. The molecule has 0 saturated heterocycles. The first-order valence-corrected chi connectivity index (χ1v) is 6.52. The molecule has 1 saturated carbocycles. The monoisotopic (exact) mass is 266 g/mol. The molecule has 1 aromatic rings. The topological polar surface area (TPSA) is 64.3 Å². The largest absolute Gasteiger partial charge is 0.494 e. The van der Waals surface area contributed by atoms with Gasteiger partial charge in [-0.25, -0.2) is 4.39 Å². The van der Waals surface area contributed by atoms with E-state index in [-0.39, 0.29) is 23.7 Å². The number of hydrogen-bond donors (Lipinski definition) is 2. The van der Waals surface area contributed by atoms with Gasteiger partial charge in [0.25, 0.3) is 5.91 Å². The molecule has 2 atom stereocenters. The zero-order chi connectivity index (χ0) is 13.8. The zero-order valence-corrected chi connectivity index (χ0v) is 11.0. The first kappa shape index (κ1) is 13.8. The second-order valence-corrected chi connectivity index (χ2v) is 4.88. The fourth-order valence-corrected chi connectivity index (χ4v) is 2.39. The van der Waals surface area contributed by atoms with Crippen LogP contribution in [0.2, 0.25) is 0 Å². The lowest BCUT2D eigenvalue weighted by atomic mass is 9.91. The van der Waals surface area contributed by atoms with Gasteiger partial charge in [-0.3, -0.25) is 4.79 Å². The molecule has 2 rings (SSSR count). The van der Waals surface area contributed by atoms with E-state index in [0.717, 1.165) is 25.7 Å². The number of carbonyl (C=O) groups excluding carboxylic acids is 1. The molecule has 0 spiro atoms.